The normalized spacial score (nSPS) is 14.9. The molecule has 2 rings (SSSR count). The van der Waals surface area contributed by atoms with E-state index < -0.39 is 10.9 Å². The molecule has 112 valence electrons. The van der Waals surface area contributed by atoms with Gasteiger partial charge in [-0.1, -0.05) is 12.8 Å². The summed E-state index contributed by atoms with van der Waals surface area (Å²) in [7, 11) is 0. The van der Waals surface area contributed by atoms with Crippen LogP contribution in [0.25, 0.3) is 0 Å². The number of carboxylic acids is 1. The van der Waals surface area contributed by atoms with E-state index in [1.807, 2.05) is 0 Å². The summed E-state index contributed by atoms with van der Waals surface area (Å²) >= 11 is 0. The first-order chi connectivity index (χ1) is 9.97. The third-order valence-electron chi connectivity index (χ3n) is 3.67. The Morgan fingerprint density at radius 1 is 1.33 bits per heavy atom. The fraction of sp³-hybridized carbons (Fsp3) is 0.429. The summed E-state index contributed by atoms with van der Waals surface area (Å²) in [4.78, 5) is 33.1. The molecule has 0 saturated heterocycles. The number of anilines is 1. The number of non-ortho nitro benzene ring substituents is 1. The highest BCUT2D eigenvalue weighted by atomic mass is 16.6. The molecule has 1 aromatic carbocycles. The average Bonchev–Trinajstić information content (AvgIpc) is 2.91. The number of rotatable bonds is 5. The minimum atomic E-state index is -1.31. The Morgan fingerprint density at radius 3 is 2.57 bits per heavy atom. The van der Waals surface area contributed by atoms with Crippen LogP contribution >= 0.6 is 0 Å². The van der Waals surface area contributed by atoms with Crippen molar-refractivity contribution in [3.05, 3.63) is 33.9 Å². The summed E-state index contributed by atoms with van der Waals surface area (Å²) < 4.78 is 0. The quantitative estimate of drug-likeness (QED) is 0.640. The van der Waals surface area contributed by atoms with Gasteiger partial charge in [0.25, 0.3) is 5.69 Å². The third kappa shape index (κ3) is 3.77. The SMILES string of the molecule is O=C(CC1CCCC1)Nc1ccc([N+](=O)[O-])cc1C(=O)O. The van der Waals surface area contributed by atoms with Gasteiger partial charge in [-0.3, -0.25) is 14.9 Å². The molecule has 0 atom stereocenters. The Labute approximate surface area is 121 Å². The summed E-state index contributed by atoms with van der Waals surface area (Å²) in [5.41, 5.74) is -0.499. The molecule has 0 aliphatic heterocycles. The predicted octanol–water partition coefficient (Wildman–Crippen LogP) is 2.81. The van der Waals surface area contributed by atoms with Gasteiger partial charge in [-0.05, 0) is 24.8 Å². The van der Waals surface area contributed by atoms with Crippen molar-refractivity contribution in [1.82, 2.24) is 0 Å². The first-order valence-corrected chi connectivity index (χ1v) is 6.79. The van der Waals surface area contributed by atoms with Crippen LogP contribution in [0, 0.1) is 16.0 Å². The molecule has 2 N–H and O–H groups in total. The number of benzene rings is 1. The number of hydrogen-bond donors (Lipinski definition) is 2. The second-order valence-electron chi connectivity index (χ2n) is 5.19. The van der Waals surface area contributed by atoms with Crippen molar-refractivity contribution in [3.63, 3.8) is 0 Å². The van der Waals surface area contributed by atoms with Crippen molar-refractivity contribution in [3.8, 4) is 0 Å². The molecular formula is C14H16N2O5. The number of carbonyl (C=O) groups excluding carboxylic acids is 1. The topological polar surface area (TPSA) is 110 Å². The standard InChI is InChI=1S/C14H16N2O5/c17-13(7-9-3-1-2-4-9)15-12-6-5-10(16(20)21)8-11(12)14(18)19/h5-6,8-9H,1-4,7H2,(H,15,17)(H,18,19). The van der Waals surface area contributed by atoms with Crippen molar-refractivity contribution in [2.45, 2.75) is 32.1 Å². The predicted molar refractivity (Wildman–Crippen MR) is 75.3 cm³/mol. The first kappa shape index (κ1) is 15.0. The second kappa shape index (κ2) is 6.34. The van der Waals surface area contributed by atoms with Gasteiger partial charge >= 0.3 is 5.97 Å². The molecule has 1 aromatic rings. The minimum Gasteiger partial charge on any atom is -0.478 e. The van der Waals surface area contributed by atoms with Gasteiger partial charge in [-0.25, -0.2) is 4.79 Å². The van der Waals surface area contributed by atoms with E-state index >= 15 is 0 Å². The summed E-state index contributed by atoms with van der Waals surface area (Å²) in [6, 6.07) is 3.39. The number of amides is 1. The second-order valence-corrected chi connectivity index (χ2v) is 5.19. The van der Waals surface area contributed by atoms with Crippen LogP contribution in [0.4, 0.5) is 11.4 Å². The third-order valence-corrected chi connectivity index (χ3v) is 3.67. The molecule has 0 unspecified atom stereocenters. The van der Waals surface area contributed by atoms with Crippen LogP contribution in [0.1, 0.15) is 42.5 Å². The van der Waals surface area contributed by atoms with Crippen LogP contribution in [0.15, 0.2) is 18.2 Å². The molecule has 0 bridgehead atoms. The summed E-state index contributed by atoms with van der Waals surface area (Å²) in [5, 5.41) is 22.3. The van der Waals surface area contributed by atoms with Crippen LogP contribution in [-0.4, -0.2) is 21.9 Å². The van der Waals surface area contributed by atoms with E-state index in [1.165, 1.54) is 12.1 Å². The summed E-state index contributed by atoms with van der Waals surface area (Å²) in [5.74, 6) is -1.22. The van der Waals surface area contributed by atoms with Crippen molar-refractivity contribution in [2.75, 3.05) is 5.32 Å². The van der Waals surface area contributed by atoms with E-state index in [4.69, 9.17) is 5.11 Å². The number of carboxylic acid groups (broad SMARTS) is 1. The lowest BCUT2D eigenvalue weighted by molar-refractivity contribution is -0.384. The monoisotopic (exact) mass is 292 g/mol. The molecule has 7 heteroatoms. The van der Waals surface area contributed by atoms with E-state index in [9.17, 15) is 19.7 Å². The first-order valence-electron chi connectivity index (χ1n) is 6.79. The van der Waals surface area contributed by atoms with Gasteiger partial charge in [0.1, 0.15) is 0 Å². The number of nitrogens with zero attached hydrogens (tertiary/aromatic N) is 1. The van der Waals surface area contributed by atoms with E-state index in [2.05, 4.69) is 5.32 Å². The van der Waals surface area contributed by atoms with Crippen LogP contribution in [0.5, 0.6) is 0 Å². The molecule has 1 amide bonds. The number of nitro groups is 1. The zero-order valence-corrected chi connectivity index (χ0v) is 11.4. The number of carbonyl (C=O) groups is 2. The van der Waals surface area contributed by atoms with Crippen molar-refractivity contribution in [1.29, 1.82) is 0 Å². The molecule has 0 heterocycles. The molecule has 0 radical (unpaired) electrons. The van der Waals surface area contributed by atoms with Gasteiger partial charge in [0.05, 0.1) is 16.2 Å². The smallest absolute Gasteiger partial charge is 0.338 e. The number of aromatic carboxylic acids is 1. The molecule has 7 nitrogen and oxygen atoms in total. The molecule has 1 aliphatic carbocycles. The Kier molecular flexibility index (Phi) is 4.52. The van der Waals surface area contributed by atoms with Crippen LogP contribution in [0.2, 0.25) is 0 Å². The summed E-state index contributed by atoms with van der Waals surface area (Å²) in [6.45, 7) is 0. The molecule has 1 aliphatic rings. The lowest BCUT2D eigenvalue weighted by Crippen LogP contribution is -2.17. The lowest BCUT2D eigenvalue weighted by atomic mass is 10.0. The van der Waals surface area contributed by atoms with Crippen LogP contribution in [-0.2, 0) is 4.79 Å². The van der Waals surface area contributed by atoms with E-state index in [0.29, 0.717) is 12.3 Å². The van der Waals surface area contributed by atoms with Crippen molar-refractivity contribution >= 4 is 23.3 Å². The molecular weight excluding hydrogens is 276 g/mol. The Morgan fingerprint density at radius 2 is 2.00 bits per heavy atom. The zero-order chi connectivity index (χ0) is 15.4. The van der Waals surface area contributed by atoms with E-state index in [-0.39, 0.29) is 22.8 Å². The largest absolute Gasteiger partial charge is 0.478 e. The lowest BCUT2D eigenvalue weighted by Gasteiger charge is -2.11. The molecule has 0 aromatic heterocycles. The Hall–Kier alpha value is -2.44. The van der Waals surface area contributed by atoms with Gasteiger partial charge in [0, 0.05) is 18.6 Å². The minimum absolute atomic E-state index is 0.0936. The molecule has 21 heavy (non-hydrogen) atoms. The maximum absolute atomic E-state index is 11.9. The van der Waals surface area contributed by atoms with Crippen molar-refractivity contribution in [2.24, 2.45) is 5.92 Å². The highest BCUT2D eigenvalue weighted by molar-refractivity contribution is 6.01. The van der Waals surface area contributed by atoms with Gasteiger partial charge in [-0.15, -0.1) is 0 Å². The maximum Gasteiger partial charge on any atom is 0.338 e. The highest BCUT2D eigenvalue weighted by Gasteiger charge is 2.21. The van der Waals surface area contributed by atoms with Crippen LogP contribution < -0.4 is 5.32 Å². The van der Waals surface area contributed by atoms with E-state index in [1.54, 1.807) is 0 Å². The Bertz CT molecular complexity index is 579. The fourth-order valence-electron chi connectivity index (χ4n) is 2.61. The molecule has 1 fully saturated rings. The van der Waals surface area contributed by atoms with E-state index in [0.717, 1.165) is 31.7 Å². The maximum atomic E-state index is 11.9. The number of nitrogens with one attached hydrogen (secondary N) is 1. The molecule has 1 saturated carbocycles. The van der Waals surface area contributed by atoms with Gasteiger partial charge in [0.15, 0.2) is 0 Å². The number of nitro benzene ring substituents is 1. The van der Waals surface area contributed by atoms with Crippen molar-refractivity contribution < 1.29 is 19.6 Å². The van der Waals surface area contributed by atoms with Gasteiger partial charge in [-0.2, -0.15) is 0 Å². The summed E-state index contributed by atoms with van der Waals surface area (Å²) in [6.07, 6.45) is 4.63. The average molecular weight is 292 g/mol. The Balaban J connectivity index is 2.12. The molecule has 0 spiro atoms. The van der Waals surface area contributed by atoms with Crippen LogP contribution in [0.3, 0.4) is 0 Å². The van der Waals surface area contributed by atoms with Gasteiger partial charge < -0.3 is 10.4 Å². The highest BCUT2D eigenvalue weighted by Crippen LogP contribution is 2.28. The fourth-order valence-corrected chi connectivity index (χ4v) is 2.61. The zero-order valence-electron chi connectivity index (χ0n) is 11.4. The van der Waals surface area contributed by atoms with Gasteiger partial charge in [0.2, 0.25) is 5.91 Å². The number of hydrogen-bond acceptors (Lipinski definition) is 4.